The summed E-state index contributed by atoms with van der Waals surface area (Å²) in [6.07, 6.45) is 0. The first-order chi connectivity index (χ1) is 12.0. The molecule has 2 N–H and O–H groups in total. The lowest BCUT2D eigenvalue weighted by Crippen LogP contribution is -2.34. The summed E-state index contributed by atoms with van der Waals surface area (Å²) in [6, 6.07) is 6.82. The maximum absolute atomic E-state index is 12.7. The molecule has 0 atom stereocenters. The van der Waals surface area contributed by atoms with Crippen molar-refractivity contribution in [2.24, 2.45) is 0 Å². The number of methoxy groups -OCH3 is 2. The van der Waals surface area contributed by atoms with Gasteiger partial charge in [-0.3, -0.25) is 4.79 Å². The number of aromatic nitrogens is 3. The maximum Gasteiger partial charge on any atom is 0.335 e. The SMILES string of the molecule is COc1ccc(-n2c(=O)[nH]c3cc(C(=O)O)ccc3c2=O)nc1OC. The molecule has 9 heteroatoms. The van der Waals surface area contributed by atoms with Gasteiger partial charge in [-0.25, -0.2) is 14.2 Å². The first-order valence-electron chi connectivity index (χ1n) is 7.08. The number of nitrogens with one attached hydrogen (secondary N) is 1. The van der Waals surface area contributed by atoms with Gasteiger partial charge >= 0.3 is 11.7 Å². The largest absolute Gasteiger partial charge is 0.491 e. The molecule has 2 heterocycles. The summed E-state index contributed by atoms with van der Waals surface area (Å²) >= 11 is 0. The van der Waals surface area contributed by atoms with Crippen molar-refractivity contribution in [3.05, 3.63) is 56.7 Å². The van der Waals surface area contributed by atoms with Gasteiger partial charge in [-0.05, 0) is 30.3 Å². The fourth-order valence-electron chi connectivity index (χ4n) is 2.40. The van der Waals surface area contributed by atoms with Crippen molar-refractivity contribution < 1.29 is 19.4 Å². The molecule has 0 saturated heterocycles. The number of aromatic amines is 1. The predicted molar refractivity (Wildman–Crippen MR) is 88.0 cm³/mol. The zero-order valence-corrected chi connectivity index (χ0v) is 13.3. The van der Waals surface area contributed by atoms with Gasteiger partial charge in [0.1, 0.15) is 5.82 Å². The van der Waals surface area contributed by atoms with Gasteiger partial charge in [0.15, 0.2) is 5.75 Å². The number of pyridine rings is 1. The molecule has 0 bridgehead atoms. The molecule has 3 aromatic rings. The zero-order valence-electron chi connectivity index (χ0n) is 13.3. The van der Waals surface area contributed by atoms with Crippen LogP contribution in [0.25, 0.3) is 16.7 Å². The van der Waals surface area contributed by atoms with E-state index in [2.05, 4.69) is 9.97 Å². The molecule has 3 rings (SSSR count). The van der Waals surface area contributed by atoms with Crippen LogP contribution in [0.4, 0.5) is 0 Å². The van der Waals surface area contributed by atoms with E-state index < -0.39 is 17.2 Å². The van der Waals surface area contributed by atoms with E-state index >= 15 is 0 Å². The summed E-state index contributed by atoms with van der Waals surface area (Å²) in [6.45, 7) is 0. The molecule has 1 aromatic carbocycles. The summed E-state index contributed by atoms with van der Waals surface area (Å²) in [4.78, 5) is 42.6. The van der Waals surface area contributed by atoms with E-state index in [4.69, 9.17) is 14.6 Å². The van der Waals surface area contributed by atoms with Crippen LogP contribution in [0.5, 0.6) is 11.6 Å². The summed E-state index contributed by atoms with van der Waals surface area (Å²) < 4.78 is 11.0. The Balaban J connectivity index is 2.27. The Bertz CT molecular complexity index is 1100. The highest BCUT2D eigenvalue weighted by atomic mass is 16.5. The van der Waals surface area contributed by atoms with Gasteiger partial charge in [-0.1, -0.05) is 0 Å². The number of nitrogens with zero attached hydrogens (tertiary/aromatic N) is 2. The van der Waals surface area contributed by atoms with E-state index in [1.165, 1.54) is 44.6 Å². The lowest BCUT2D eigenvalue weighted by molar-refractivity contribution is 0.0697. The average molecular weight is 343 g/mol. The molecule has 0 aliphatic carbocycles. The Labute approximate surface area is 140 Å². The summed E-state index contributed by atoms with van der Waals surface area (Å²) in [7, 11) is 2.82. The molecule has 128 valence electrons. The molecule has 0 spiro atoms. The standard InChI is InChI=1S/C16H13N3O6/c1-24-11-5-6-12(18-13(11)25-2)19-14(20)9-4-3-8(15(21)22)7-10(9)17-16(19)23/h3-7H,1-2H3,(H,17,23)(H,21,22). The van der Waals surface area contributed by atoms with Gasteiger partial charge < -0.3 is 19.6 Å². The molecule has 0 amide bonds. The normalized spacial score (nSPS) is 10.6. The van der Waals surface area contributed by atoms with Crippen LogP contribution in [0.3, 0.4) is 0 Å². The quantitative estimate of drug-likeness (QED) is 0.717. The number of hydrogen-bond acceptors (Lipinski definition) is 6. The van der Waals surface area contributed by atoms with Crippen molar-refractivity contribution in [1.82, 2.24) is 14.5 Å². The Morgan fingerprint density at radius 2 is 1.92 bits per heavy atom. The van der Waals surface area contributed by atoms with E-state index in [0.29, 0.717) is 5.75 Å². The smallest absolute Gasteiger partial charge is 0.335 e. The van der Waals surface area contributed by atoms with Crippen LogP contribution in [0, 0.1) is 0 Å². The highest BCUT2D eigenvalue weighted by molar-refractivity contribution is 5.92. The second kappa shape index (κ2) is 6.11. The molecule has 9 nitrogen and oxygen atoms in total. The van der Waals surface area contributed by atoms with Crippen LogP contribution in [0.15, 0.2) is 39.9 Å². The minimum Gasteiger partial charge on any atom is -0.491 e. The van der Waals surface area contributed by atoms with Gasteiger partial charge in [-0.15, -0.1) is 0 Å². The third kappa shape index (κ3) is 2.71. The van der Waals surface area contributed by atoms with E-state index in [0.717, 1.165) is 4.57 Å². The van der Waals surface area contributed by atoms with E-state index in [1.54, 1.807) is 0 Å². The van der Waals surface area contributed by atoms with Gasteiger partial charge in [0.25, 0.3) is 11.4 Å². The van der Waals surface area contributed by atoms with Crippen molar-refractivity contribution in [3.63, 3.8) is 0 Å². The number of fused-ring (bicyclic) bond motifs is 1. The number of ether oxygens (including phenoxy) is 2. The van der Waals surface area contributed by atoms with Crippen LogP contribution in [-0.2, 0) is 0 Å². The number of carboxylic acids is 1. The molecule has 25 heavy (non-hydrogen) atoms. The third-order valence-electron chi connectivity index (χ3n) is 3.60. The van der Waals surface area contributed by atoms with Gasteiger partial charge in [-0.2, -0.15) is 4.98 Å². The summed E-state index contributed by atoms with van der Waals surface area (Å²) in [5.41, 5.74) is -1.29. The van der Waals surface area contributed by atoms with Crippen LogP contribution in [-0.4, -0.2) is 39.8 Å². The Kier molecular flexibility index (Phi) is 3.97. The molecule has 0 radical (unpaired) electrons. The predicted octanol–water partition coefficient (Wildman–Crippen LogP) is 0.789. The number of carbonyl (C=O) groups is 1. The van der Waals surface area contributed by atoms with Crippen molar-refractivity contribution in [1.29, 1.82) is 0 Å². The number of hydrogen-bond donors (Lipinski definition) is 2. The second-order valence-electron chi connectivity index (χ2n) is 5.02. The Hall–Kier alpha value is -3.62. The first-order valence-corrected chi connectivity index (χ1v) is 7.08. The lowest BCUT2D eigenvalue weighted by Gasteiger charge is -2.10. The Morgan fingerprint density at radius 1 is 1.16 bits per heavy atom. The molecule has 0 aliphatic heterocycles. The van der Waals surface area contributed by atoms with Crippen molar-refractivity contribution >= 4 is 16.9 Å². The molecule has 2 aromatic heterocycles. The number of benzene rings is 1. The molecule has 0 saturated carbocycles. The topological polar surface area (TPSA) is 124 Å². The molecule has 0 unspecified atom stereocenters. The van der Waals surface area contributed by atoms with E-state index in [-0.39, 0.29) is 28.2 Å². The van der Waals surface area contributed by atoms with E-state index in [1.807, 2.05) is 0 Å². The number of rotatable bonds is 4. The summed E-state index contributed by atoms with van der Waals surface area (Å²) in [5, 5.41) is 9.17. The first kappa shape index (κ1) is 16.2. The van der Waals surface area contributed by atoms with Crippen LogP contribution >= 0.6 is 0 Å². The summed E-state index contributed by atoms with van der Waals surface area (Å²) in [5.74, 6) is -0.642. The van der Waals surface area contributed by atoms with Crippen LogP contribution < -0.4 is 20.7 Å². The molecule has 0 fully saturated rings. The average Bonchev–Trinajstić information content (AvgIpc) is 2.60. The second-order valence-corrected chi connectivity index (χ2v) is 5.02. The minimum absolute atomic E-state index is 0.0375. The fraction of sp³-hybridized carbons (Fsp3) is 0.125. The minimum atomic E-state index is -1.16. The van der Waals surface area contributed by atoms with Gasteiger partial charge in [0, 0.05) is 0 Å². The lowest BCUT2D eigenvalue weighted by atomic mass is 10.1. The van der Waals surface area contributed by atoms with Gasteiger partial charge in [0.05, 0.1) is 30.7 Å². The van der Waals surface area contributed by atoms with Crippen molar-refractivity contribution in [2.45, 2.75) is 0 Å². The molecular formula is C16H13N3O6. The van der Waals surface area contributed by atoms with Crippen LogP contribution in [0.1, 0.15) is 10.4 Å². The highest BCUT2D eigenvalue weighted by Gasteiger charge is 2.15. The highest BCUT2D eigenvalue weighted by Crippen LogP contribution is 2.24. The maximum atomic E-state index is 12.7. The van der Waals surface area contributed by atoms with Crippen LogP contribution in [0.2, 0.25) is 0 Å². The number of H-pyrrole nitrogens is 1. The Morgan fingerprint density at radius 3 is 2.56 bits per heavy atom. The third-order valence-corrected chi connectivity index (χ3v) is 3.60. The monoisotopic (exact) mass is 343 g/mol. The molecular weight excluding hydrogens is 330 g/mol. The zero-order chi connectivity index (χ0) is 18.1. The van der Waals surface area contributed by atoms with Crippen molar-refractivity contribution in [2.75, 3.05) is 14.2 Å². The number of aromatic carboxylic acids is 1. The van der Waals surface area contributed by atoms with Crippen molar-refractivity contribution in [3.8, 4) is 17.4 Å². The number of carboxylic acid groups (broad SMARTS) is 1. The molecule has 0 aliphatic rings. The fourth-order valence-corrected chi connectivity index (χ4v) is 2.40. The van der Waals surface area contributed by atoms with Gasteiger partial charge in [0.2, 0.25) is 0 Å². The van der Waals surface area contributed by atoms with E-state index in [9.17, 15) is 14.4 Å².